The number of rotatable bonds is 4. The Bertz CT molecular complexity index is 733. The van der Waals surface area contributed by atoms with Crippen molar-refractivity contribution in [1.82, 2.24) is 14.1 Å². The van der Waals surface area contributed by atoms with E-state index in [9.17, 15) is 8.78 Å². The number of benzene rings is 1. The number of nitrogens with zero attached hydrogens (tertiary/aromatic N) is 3. The van der Waals surface area contributed by atoms with Crippen LogP contribution in [-0.2, 0) is 13.2 Å². The van der Waals surface area contributed by atoms with Gasteiger partial charge in [0, 0.05) is 24.1 Å². The molecule has 1 aromatic carbocycles. The van der Waals surface area contributed by atoms with Crippen LogP contribution in [-0.4, -0.2) is 19.2 Å². The van der Waals surface area contributed by atoms with Gasteiger partial charge in [0.15, 0.2) is 0 Å². The van der Waals surface area contributed by atoms with Gasteiger partial charge in [-0.05, 0) is 29.1 Å². The molecule has 0 spiro atoms. The molecule has 0 atom stereocenters. The summed E-state index contributed by atoms with van der Waals surface area (Å²) in [7, 11) is 0. The predicted molar refractivity (Wildman–Crippen MR) is 70.4 cm³/mol. The summed E-state index contributed by atoms with van der Waals surface area (Å²) in [4.78, 5) is 3.97. The van der Waals surface area contributed by atoms with Crippen LogP contribution < -0.4 is 0 Å². The average molecular weight is 277 g/mol. The summed E-state index contributed by atoms with van der Waals surface area (Å²) in [6.45, 7) is -2.33. The molecule has 0 amide bonds. The number of hydrogen-bond donors (Lipinski definition) is 1. The highest BCUT2D eigenvalue weighted by Gasteiger charge is 2.12. The summed E-state index contributed by atoms with van der Waals surface area (Å²) in [5.41, 5.74) is 1.75. The van der Waals surface area contributed by atoms with Crippen LogP contribution in [0, 0.1) is 0 Å². The van der Waals surface area contributed by atoms with E-state index < -0.39 is 6.55 Å². The van der Waals surface area contributed by atoms with Gasteiger partial charge >= 0.3 is 6.55 Å². The van der Waals surface area contributed by atoms with Crippen molar-refractivity contribution in [2.75, 3.05) is 0 Å². The molecule has 1 N–H and O–H groups in total. The maximum absolute atomic E-state index is 12.8. The van der Waals surface area contributed by atoms with E-state index in [1.54, 1.807) is 0 Å². The second-order valence-corrected chi connectivity index (χ2v) is 4.52. The van der Waals surface area contributed by atoms with E-state index >= 15 is 0 Å². The third-order valence-electron chi connectivity index (χ3n) is 3.29. The minimum Gasteiger partial charge on any atom is -0.392 e. The maximum atomic E-state index is 12.8. The van der Waals surface area contributed by atoms with Crippen molar-refractivity contribution in [2.45, 2.75) is 19.7 Å². The summed E-state index contributed by atoms with van der Waals surface area (Å²) in [6, 6.07) is 7.46. The number of aromatic nitrogens is 3. The zero-order valence-electron chi connectivity index (χ0n) is 10.6. The Balaban J connectivity index is 1.97. The number of aliphatic hydroxyl groups is 1. The van der Waals surface area contributed by atoms with Crippen LogP contribution in [0.25, 0.3) is 10.9 Å². The standard InChI is InChI=1S/C14H13F2N3O/c15-14(16)19-6-4-17-13(19)8-18-5-3-11-7-10(9-20)1-2-12(11)18/h1-7,14,20H,8-9H2. The summed E-state index contributed by atoms with van der Waals surface area (Å²) in [5.74, 6) is 0.309. The number of imidazole rings is 1. The van der Waals surface area contributed by atoms with Gasteiger partial charge in [-0.15, -0.1) is 0 Å². The largest absolute Gasteiger partial charge is 0.392 e. The first kappa shape index (κ1) is 12.8. The number of halogens is 2. The molecular formula is C14H13F2N3O. The molecule has 0 saturated heterocycles. The SMILES string of the molecule is OCc1ccc2c(ccn2Cc2nccn2C(F)F)c1. The van der Waals surface area contributed by atoms with Crippen molar-refractivity contribution in [3.8, 4) is 0 Å². The highest BCUT2D eigenvalue weighted by molar-refractivity contribution is 5.80. The van der Waals surface area contributed by atoms with Gasteiger partial charge < -0.3 is 9.67 Å². The molecule has 6 heteroatoms. The van der Waals surface area contributed by atoms with Crippen molar-refractivity contribution in [3.05, 3.63) is 54.2 Å². The van der Waals surface area contributed by atoms with Crippen molar-refractivity contribution in [1.29, 1.82) is 0 Å². The lowest BCUT2D eigenvalue weighted by atomic mass is 10.2. The Labute approximate surface area is 113 Å². The van der Waals surface area contributed by atoms with Crippen LogP contribution in [0.1, 0.15) is 17.9 Å². The van der Waals surface area contributed by atoms with Crippen LogP contribution in [0.3, 0.4) is 0 Å². The first-order valence-corrected chi connectivity index (χ1v) is 6.17. The van der Waals surface area contributed by atoms with E-state index in [0.29, 0.717) is 5.82 Å². The van der Waals surface area contributed by atoms with E-state index in [2.05, 4.69) is 4.98 Å². The van der Waals surface area contributed by atoms with Gasteiger partial charge in [0.25, 0.3) is 0 Å². The normalized spacial score (nSPS) is 11.6. The Morgan fingerprint density at radius 2 is 2.05 bits per heavy atom. The van der Waals surface area contributed by atoms with E-state index in [4.69, 9.17) is 5.11 Å². The summed E-state index contributed by atoms with van der Waals surface area (Å²) in [6.07, 6.45) is 4.48. The van der Waals surface area contributed by atoms with Crippen LogP contribution >= 0.6 is 0 Å². The fourth-order valence-electron chi connectivity index (χ4n) is 2.28. The molecule has 20 heavy (non-hydrogen) atoms. The van der Waals surface area contributed by atoms with Crippen LogP contribution in [0.15, 0.2) is 42.9 Å². The predicted octanol–water partition coefficient (Wildman–Crippen LogP) is 2.77. The van der Waals surface area contributed by atoms with E-state index in [1.165, 1.54) is 12.4 Å². The molecule has 2 aromatic heterocycles. The van der Waals surface area contributed by atoms with Gasteiger partial charge in [-0.2, -0.15) is 8.78 Å². The third kappa shape index (κ3) is 2.18. The van der Waals surface area contributed by atoms with Gasteiger partial charge in [-0.1, -0.05) is 6.07 Å². The summed E-state index contributed by atoms with van der Waals surface area (Å²) >= 11 is 0. The highest BCUT2D eigenvalue weighted by atomic mass is 19.3. The molecule has 0 radical (unpaired) electrons. The Kier molecular flexibility index (Phi) is 3.23. The summed E-state index contributed by atoms with van der Waals surface area (Å²) in [5, 5.41) is 10.1. The number of hydrogen-bond acceptors (Lipinski definition) is 2. The third-order valence-corrected chi connectivity index (χ3v) is 3.29. The summed E-state index contributed by atoms with van der Waals surface area (Å²) < 4.78 is 28.3. The Morgan fingerprint density at radius 1 is 1.20 bits per heavy atom. The van der Waals surface area contributed by atoms with Crippen LogP contribution in [0.4, 0.5) is 8.78 Å². The van der Waals surface area contributed by atoms with E-state index in [-0.39, 0.29) is 13.2 Å². The maximum Gasteiger partial charge on any atom is 0.319 e. The Morgan fingerprint density at radius 3 is 2.80 bits per heavy atom. The van der Waals surface area contributed by atoms with Crippen LogP contribution in [0.2, 0.25) is 0 Å². The van der Waals surface area contributed by atoms with Gasteiger partial charge in [0.05, 0.1) is 13.2 Å². The fourth-order valence-corrected chi connectivity index (χ4v) is 2.28. The molecule has 0 aliphatic rings. The molecule has 104 valence electrons. The number of alkyl halides is 2. The molecule has 0 saturated carbocycles. The van der Waals surface area contributed by atoms with Gasteiger partial charge in [0.2, 0.25) is 0 Å². The van der Waals surface area contributed by atoms with Crippen LogP contribution in [0.5, 0.6) is 0 Å². The van der Waals surface area contributed by atoms with E-state index in [0.717, 1.165) is 21.0 Å². The first-order valence-electron chi connectivity index (χ1n) is 6.17. The van der Waals surface area contributed by atoms with Crippen molar-refractivity contribution < 1.29 is 13.9 Å². The van der Waals surface area contributed by atoms with Gasteiger partial charge in [-0.25, -0.2) is 4.98 Å². The average Bonchev–Trinajstić information content (AvgIpc) is 3.06. The molecule has 0 aliphatic heterocycles. The second kappa shape index (κ2) is 5.05. The molecule has 0 bridgehead atoms. The lowest BCUT2D eigenvalue weighted by Gasteiger charge is -2.08. The lowest BCUT2D eigenvalue weighted by Crippen LogP contribution is -2.08. The molecular weight excluding hydrogens is 264 g/mol. The molecule has 0 fully saturated rings. The first-order chi connectivity index (χ1) is 9.69. The minimum atomic E-state index is -2.59. The zero-order chi connectivity index (χ0) is 14.1. The topological polar surface area (TPSA) is 43.0 Å². The van der Waals surface area contributed by atoms with E-state index in [1.807, 2.05) is 35.0 Å². The second-order valence-electron chi connectivity index (χ2n) is 4.52. The van der Waals surface area contributed by atoms with Gasteiger partial charge in [0.1, 0.15) is 5.82 Å². The molecule has 3 rings (SSSR count). The smallest absolute Gasteiger partial charge is 0.319 e. The van der Waals surface area contributed by atoms with Crippen molar-refractivity contribution in [2.24, 2.45) is 0 Å². The van der Waals surface area contributed by atoms with Gasteiger partial charge in [-0.3, -0.25) is 4.57 Å². The Hall–Kier alpha value is -2.21. The monoisotopic (exact) mass is 277 g/mol. The zero-order valence-corrected chi connectivity index (χ0v) is 10.6. The molecule has 4 nitrogen and oxygen atoms in total. The van der Waals surface area contributed by atoms with Crippen molar-refractivity contribution in [3.63, 3.8) is 0 Å². The molecule has 0 aliphatic carbocycles. The fraction of sp³-hybridized carbons (Fsp3) is 0.214. The molecule has 3 aromatic rings. The molecule has 2 heterocycles. The molecule has 0 unspecified atom stereocenters. The van der Waals surface area contributed by atoms with Crippen molar-refractivity contribution >= 4 is 10.9 Å². The quantitative estimate of drug-likeness (QED) is 0.797. The minimum absolute atomic E-state index is 0.0170. The highest BCUT2D eigenvalue weighted by Crippen LogP contribution is 2.20. The number of fused-ring (bicyclic) bond motifs is 1. The lowest BCUT2D eigenvalue weighted by molar-refractivity contribution is 0.0667. The number of aliphatic hydroxyl groups excluding tert-OH is 1.